The molecule has 0 aromatic carbocycles. The van der Waals surface area contributed by atoms with Crippen molar-refractivity contribution in [3.8, 4) is 0 Å². The average Bonchev–Trinajstić information content (AvgIpc) is 1.38. The van der Waals surface area contributed by atoms with Gasteiger partial charge in [0.2, 0.25) is 0 Å². The molecule has 0 spiro atoms. The van der Waals surface area contributed by atoms with E-state index in [1.54, 1.807) is 0 Å². The molecule has 0 nitrogen and oxygen atoms in total. The second kappa shape index (κ2) is 5.96. The molecule has 0 N–H and O–H groups in total. The van der Waals surface area contributed by atoms with E-state index in [9.17, 15) is 0 Å². The first-order chi connectivity index (χ1) is 2.27. The van der Waals surface area contributed by atoms with Crippen LogP contribution in [0, 0.1) is 0 Å². The van der Waals surface area contributed by atoms with Gasteiger partial charge in [0, 0.05) is 0 Å². The first-order valence-electron chi connectivity index (χ1n) is 1.70. The second-order valence-corrected chi connectivity index (χ2v) is 3.84. The van der Waals surface area contributed by atoms with Gasteiger partial charge in [0.15, 0.2) is 0 Å². The van der Waals surface area contributed by atoms with Crippen molar-refractivity contribution in [2.45, 2.75) is 13.1 Å². The van der Waals surface area contributed by atoms with Gasteiger partial charge in [-0.25, -0.2) is 0 Å². The molecular formula is C4H10NaSi. The molecule has 0 rings (SSSR count). The summed E-state index contributed by atoms with van der Waals surface area (Å²) in [4.78, 5) is 0. The van der Waals surface area contributed by atoms with Crippen LogP contribution in [0.25, 0.3) is 0 Å². The zero-order chi connectivity index (χ0) is 4.28. The van der Waals surface area contributed by atoms with Gasteiger partial charge in [0.1, 0.15) is 0 Å². The van der Waals surface area contributed by atoms with Gasteiger partial charge in [-0.2, -0.15) is 0 Å². The molecule has 0 aromatic rings. The zero-order valence-electron chi connectivity index (χ0n) is 3.78. The number of hydrogen-bond donors (Lipinski definition) is 0. The van der Waals surface area contributed by atoms with Crippen molar-refractivity contribution in [3.05, 3.63) is 12.3 Å². The zero-order valence-corrected chi connectivity index (χ0v) is 4.78. The van der Waals surface area contributed by atoms with Crippen LogP contribution in [-0.4, -0.2) is 38.4 Å². The summed E-state index contributed by atoms with van der Waals surface area (Å²) in [6, 6.07) is 0. The summed E-state index contributed by atoms with van der Waals surface area (Å²) >= 11 is 0. The third-order valence-corrected chi connectivity index (χ3v) is 1.22. The normalized spacial score (nSPS) is 7.17. The Morgan fingerprint density at radius 3 is 1.67 bits per heavy atom. The molecule has 6 heavy (non-hydrogen) atoms. The molecule has 0 bridgehead atoms. The third-order valence-electron chi connectivity index (χ3n) is 0.408. The molecule has 0 heterocycles. The van der Waals surface area contributed by atoms with Crippen LogP contribution in [0.4, 0.5) is 0 Å². The monoisotopic (exact) mass is 109 g/mol. The van der Waals surface area contributed by atoms with Crippen LogP contribution in [0.3, 0.4) is 0 Å². The molecule has 0 saturated heterocycles. The van der Waals surface area contributed by atoms with Crippen molar-refractivity contribution in [2.75, 3.05) is 0 Å². The molecule has 0 fully saturated rings. The summed E-state index contributed by atoms with van der Waals surface area (Å²) in [7, 11) is -0.110. The molecule has 2 heteroatoms. The molecule has 0 saturated carbocycles. The van der Waals surface area contributed by atoms with Crippen molar-refractivity contribution in [1.82, 2.24) is 0 Å². The Balaban J connectivity index is 0. The second-order valence-electron chi connectivity index (χ2n) is 1.28. The van der Waals surface area contributed by atoms with E-state index in [0.717, 1.165) is 0 Å². The summed E-state index contributed by atoms with van der Waals surface area (Å²) in [5.74, 6) is 0. The van der Waals surface area contributed by atoms with Crippen LogP contribution in [0.15, 0.2) is 12.3 Å². The van der Waals surface area contributed by atoms with E-state index in [4.69, 9.17) is 0 Å². The topological polar surface area (TPSA) is 0 Å². The Kier molecular flexibility index (Phi) is 9.97. The molecule has 0 aromatic heterocycles. The predicted molar refractivity (Wildman–Crippen MR) is 34.8 cm³/mol. The van der Waals surface area contributed by atoms with E-state index in [1.165, 1.54) is 0 Å². The van der Waals surface area contributed by atoms with Gasteiger partial charge >= 0.3 is 29.6 Å². The number of hydrogen-bond acceptors (Lipinski definition) is 0. The molecule has 0 aliphatic heterocycles. The van der Waals surface area contributed by atoms with Crippen molar-refractivity contribution >= 4 is 38.4 Å². The third kappa shape index (κ3) is 8.88. The maximum atomic E-state index is 3.61. The van der Waals surface area contributed by atoms with E-state index in [0.29, 0.717) is 0 Å². The maximum absolute atomic E-state index is 3.61. The standard InChI is InChI=1S/C4H9Si.Na.H/c1-4-5(2)3;;/h4H,1H2,2-3H3;;. The van der Waals surface area contributed by atoms with Crippen LogP contribution < -0.4 is 0 Å². The summed E-state index contributed by atoms with van der Waals surface area (Å²) in [5, 5.41) is 0. The van der Waals surface area contributed by atoms with Gasteiger partial charge in [0.05, 0.1) is 8.80 Å². The van der Waals surface area contributed by atoms with Crippen LogP contribution in [-0.2, 0) is 0 Å². The van der Waals surface area contributed by atoms with E-state index >= 15 is 0 Å². The van der Waals surface area contributed by atoms with E-state index < -0.39 is 0 Å². The Morgan fingerprint density at radius 1 is 1.50 bits per heavy atom. The van der Waals surface area contributed by atoms with Gasteiger partial charge in [-0.3, -0.25) is 0 Å². The first-order valence-corrected chi connectivity index (χ1v) is 4.27. The predicted octanol–water partition coefficient (Wildman–Crippen LogP) is 0.817. The number of rotatable bonds is 1. The van der Waals surface area contributed by atoms with E-state index in [-0.39, 0.29) is 38.4 Å². The first kappa shape index (κ1) is 10.0. The summed E-state index contributed by atoms with van der Waals surface area (Å²) in [6.45, 7) is 8.02. The van der Waals surface area contributed by atoms with E-state index in [1.807, 2.05) is 5.70 Å². The molecular weight excluding hydrogens is 99.1 g/mol. The van der Waals surface area contributed by atoms with Gasteiger partial charge in [-0.1, -0.05) is 13.1 Å². The molecule has 0 aliphatic carbocycles. The fourth-order valence-electron chi connectivity index (χ4n) is 0. The van der Waals surface area contributed by atoms with Gasteiger partial charge in [-0.15, -0.1) is 12.3 Å². The van der Waals surface area contributed by atoms with Crippen LogP contribution in [0.5, 0.6) is 0 Å². The van der Waals surface area contributed by atoms with Gasteiger partial charge in [-0.05, 0) is 0 Å². The Labute approximate surface area is 63.5 Å². The molecule has 0 amide bonds. The SMILES string of the molecule is C=C[Si](C)C.[NaH]. The minimum absolute atomic E-state index is 0. The van der Waals surface area contributed by atoms with Crippen molar-refractivity contribution in [3.63, 3.8) is 0 Å². The molecule has 0 atom stereocenters. The Bertz CT molecular complexity index is 34.5. The molecule has 31 valence electrons. The summed E-state index contributed by atoms with van der Waals surface area (Å²) < 4.78 is 0. The van der Waals surface area contributed by atoms with Crippen molar-refractivity contribution in [2.24, 2.45) is 0 Å². The van der Waals surface area contributed by atoms with Gasteiger partial charge in [0.25, 0.3) is 0 Å². The van der Waals surface area contributed by atoms with Crippen LogP contribution in [0.1, 0.15) is 0 Å². The van der Waals surface area contributed by atoms with Crippen molar-refractivity contribution < 1.29 is 0 Å². The van der Waals surface area contributed by atoms with Crippen molar-refractivity contribution in [1.29, 1.82) is 0 Å². The Morgan fingerprint density at radius 2 is 1.67 bits per heavy atom. The van der Waals surface area contributed by atoms with Crippen LogP contribution in [0.2, 0.25) is 13.1 Å². The molecule has 1 radical (unpaired) electrons. The fraction of sp³-hybridized carbons (Fsp3) is 0.500. The molecule has 0 unspecified atom stereocenters. The van der Waals surface area contributed by atoms with E-state index in [2.05, 4.69) is 19.7 Å². The summed E-state index contributed by atoms with van der Waals surface area (Å²) in [5.41, 5.74) is 2.02. The quantitative estimate of drug-likeness (QED) is 0.437. The fourth-order valence-corrected chi connectivity index (χ4v) is 0. The molecule has 0 aliphatic rings. The minimum atomic E-state index is -0.110. The average molecular weight is 109 g/mol. The summed E-state index contributed by atoms with van der Waals surface area (Å²) in [6.07, 6.45) is 0. The Hall–Kier alpha value is 0.957. The van der Waals surface area contributed by atoms with Crippen LogP contribution >= 0.6 is 0 Å². The van der Waals surface area contributed by atoms with Gasteiger partial charge < -0.3 is 0 Å².